The van der Waals surface area contributed by atoms with E-state index in [-0.39, 0.29) is 18.1 Å². The van der Waals surface area contributed by atoms with E-state index < -0.39 is 17.7 Å². The molecule has 176 valence electrons. The minimum atomic E-state index is -0.803. The van der Waals surface area contributed by atoms with E-state index in [2.05, 4.69) is 0 Å². The number of carbonyl (C=O) groups excluding carboxylic acids is 2. The quantitative estimate of drug-likeness (QED) is 0.341. The highest BCUT2D eigenvalue weighted by molar-refractivity contribution is 6.51. The Morgan fingerprint density at radius 2 is 1.77 bits per heavy atom. The van der Waals surface area contributed by atoms with Gasteiger partial charge in [-0.3, -0.25) is 14.5 Å². The van der Waals surface area contributed by atoms with Crippen LogP contribution in [-0.4, -0.2) is 30.2 Å². The first kappa shape index (κ1) is 21.3. The standard InChI is InChI=1S/C28H23NO6/c1-16-4-2-5-18(12-16)25-24(26(30)19-7-9-21-17(13-19)6-3-11-33-21)27(31)28(32)29(25)20-8-10-22-23(14-20)35-15-34-22/h2,4-5,7-10,12-14,25,30H,3,6,11,15H2,1H3/b26-24-. The zero-order chi connectivity index (χ0) is 24.1. The van der Waals surface area contributed by atoms with Crippen molar-refractivity contribution in [3.8, 4) is 17.2 Å². The third-order valence-electron chi connectivity index (χ3n) is 6.62. The maximum atomic E-state index is 13.4. The third kappa shape index (κ3) is 3.51. The monoisotopic (exact) mass is 469 g/mol. The van der Waals surface area contributed by atoms with Crippen LogP contribution in [0.4, 0.5) is 5.69 Å². The molecule has 1 fully saturated rings. The molecule has 1 unspecified atom stereocenters. The Labute approximate surface area is 202 Å². The van der Waals surface area contributed by atoms with Gasteiger partial charge >= 0.3 is 0 Å². The van der Waals surface area contributed by atoms with Crippen LogP contribution < -0.4 is 19.1 Å². The van der Waals surface area contributed by atoms with Gasteiger partial charge in [-0.15, -0.1) is 0 Å². The average molecular weight is 469 g/mol. The van der Waals surface area contributed by atoms with E-state index in [4.69, 9.17) is 14.2 Å². The largest absolute Gasteiger partial charge is 0.507 e. The van der Waals surface area contributed by atoms with Gasteiger partial charge < -0.3 is 19.3 Å². The van der Waals surface area contributed by atoms with Gasteiger partial charge in [-0.25, -0.2) is 0 Å². The summed E-state index contributed by atoms with van der Waals surface area (Å²) in [4.78, 5) is 28.2. The zero-order valence-corrected chi connectivity index (χ0v) is 19.1. The highest BCUT2D eigenvalue weighted by Crippen LogP contribution is 2.45. The molecule has 3 aliphatic heterocycles. The molecular weight excluding hydrogens is 446 g/mol. The van der Waals surface area contributed by atoms with Crippen LogP contribution in [0.25, 0.3) is 5.76 Å². The number of rotatable bonds is 3. The van der Waals surface area contributed by atoms with Gasteiger partial charge in [0.15, 0.2) is 11.5 Å². The molecule has 1 saturated heterocycles. The summed E-state index contributed by atoms with van der Waals surface area (Å²) in [5, 5.41) is 11.4. The summed E-state index contributed by atoms with van der Waals surface area (Å²) in [6.07, 6.45) is 1.71. The summed E-state index contributed by atoms with van der Waals surface area (Å²) in [7, 11) is 0. The van der Waals surface area contributed by atoms with Gasteiger partial charge in [-0.05, 0) is 61.2 Å². The van der Waals surface area contributed by atoms with Crippen LogP contribution in [0, 0.1) is 6.92 Å². The molecule has 3 heterocycles. The van der Waals surface area contributed by atoms with Gasteiger partial charge in [-0.1, -0.05) is 29.8 Å². The molecule has 0 aliphatic carbocycles. The van der Waals surface area contributed by atoms with Gasteiger partial charge in [0.25, 0.3) is 11.7 Å². The number of aliphatic hydroxyl groups is 1. The summed E-state index contributed by atoms with van der Waals surface area (Å²) in [6.45, 7) is 2.70. The fourth-order valence-electron chi connectivity index (χ4n) is 4.95. The number of hydrogen-bond donors (Lipinski definition) is 1. The van der Waals surface area contributed by atoms with Crippen LogP contribution in [-0.2, 0) is 16.0 Å². The summed E-state index contributed by atoms with van der Waals surface area (Å²) in [5.74, 6) is 0.213. The van der Waals surface area contributed by atoms with Crippen molar-refractivity contribution in [3.63, 3.8) is 0 Å². The van der Waals surface area contributed by atoms with E-state index in [9.17, 15) is 14.7 Å². The van der Waals surface area contributed by atoms with Crippen LogP contribution in [0.3, 0.4) is 0 Å². The van der Waals surface area contributed by atoms with Crippen molar-refractivity contribution < 1.29 is 28.9 Å². The predicted octanol–water partition coefficient (Wildman–Crippen LogP) is 4.68. The molecule has 0 spiro atoms. The van der Waals surface area contributed by atoms with Crippen molar-refractivity contribution in [2.24, 2.45) is 0 Å². The number of amides is 1. The molecule has 0 saturated carbocycles. The summed E-state index contributed by atoms with van der Waals surface area (Å²) < 4.78 is 16.6. The number of fused-ring (bicyclic) bond motifs is 2. The first-order chi connectivity index (χ1) is 17.0. The maximum absolute atomic E-state index is 13.4. The number of hydrogen-bond acceptors (Lipinski definition) is 6. The number of carbonyl (C=O) groups is 2. The van der Waals surface area contributed by atoms with Crippen molar-refractivity contribution >= 4 is 23.1 Å². The topological polar surface area (TPSA) is 85.3 Å². The lowest BCUT2D eigenvalue weighted by Gasteiger charge is -2.26. The lowest BCUT2D eigenvalue weighted by Crippen LogP contribution is -2.29. The Hall–Kier alpha value is -4.26. The second-order valence-corrected chi connectivity index (χ2v) is 8.90. The van der Waals surface area contributed by atoms with Crippen LogP contribution in [0.1, 0.15) is 34.7 Å². The molecule has 0 radical (unpaired) electrons. The van der Waals surface area contributed by atoms with Gasteiger partial charge in [0.1, 0.15) is 11.5 Å². The molecule has 3 aliphatic rings. The smallest absolute Gasteiger partial charge is 0.300 e. The van der Waals surface area contributed by atoms with Crippen molar-refractivity contribution in [2.75, 3.05) is 18.3 Å². The number of aryl methyl sites for hydroxylation is 2. The molecule has 35 heavy (non-hydrogen) atoms. The third-order valence-corrected chi connectivity index (χ3v) is 6.62. The number of aliphatic hydroxyl groups excluding tert-OH is 1. The number of ketones is 1. The van der Waals surface area contributed by atoms with Gasteiger partial charge in [0, 0.05) is 17.3 Å². The molecule has 3 aromatic rings. The van der Waals surface area contributed by atoms with Crippen LogP contribution >= 0.6 is 0 Å². The molecule has 3 aromatic carbocycles. The Bertz CT molecular complexity index is 1410. The van der Waals surface area contributed by atoms with E-state index in [0.717, 1.165) is 35.3 Å². The van der Waals surface area contributed by atoms with Crippen LogP contribution in [0.15, 0.2) is 66.2 Å². The van der Waals surface area contributed by atoms with Crippen molar-refractivity contribution in [2.45, 2.75) is 25.8 Å². The number of ether oxygens (including phenoxy) is 3. The van der Waals surface area contributed by atoms with Crippen molar-refractivity contribution in [1.29, 1.82) is 0 Å². The first-order valence-electron chi connectivity index (χ1n) is 11.5. The minimum absolute atomic E-state index is 0.0509. The highest BCUT2D eigenvalue weighted by atomic mass is 16.7. The summed E-state index contributed by atoms with van der Waals surface area (Å²) in [5.41, 5.74) is 3.69. The molecule has 1 N–H and O–H groups in total. The molecule has 0 bridgehead atoms. The van der Waals surface area contributed by atoms with Gasteiger partial charge in [-0.2, -0.15) is 0 Å². The Kier molecular flexibility index (Phi) is 4.99. The number of benzene rings is 3. The molecule has 1 amide bonds. The minimum Gasteiger partial charge on any atom is -0.507 e. The number of anilines is 1. The second kappa shape index (κ2) is 8.20. The maximum Gasteiger partial charge on any atom is 0.300 e. The average Bonchev–Trinajstić information content (AvgIpc) is 3.45. The van der Waals surface area contributed by atoms with Gasteiger partial charge in [0.2, 0.25) is 6.79 Å². The lowest BCUT2D eigenvalue weighted by atomic mass is 9.93. The predicted molar refractivity (Wildman–Crippen MR) is 129 cm³/mol. The Morgan fingerprint density at radius 1 is 0.943 bits per heavy atom. The molecule has 1 atom stereocenters. The SMILES string of the molecule is Cc1cccc(C2/C(=C(/O)c3ccc4c(c3)CCCO4)C(=O)C(=O)N2c2ccc3c(c2)OCO3)c1. The molecule has 7 nitrogen and oxygen atoms in total. The first-order valence-corrected chi connectivity index (χ1v) is 11.5. The molecule has 7 heteroatoms. The highest BCUT2D eigenvalue weighted by Gasteiger charge is 2.47. The Balaban J connectivity index is 1.53. The van der Waals surface area contributed by atoms with E-state index in [0.29, 0.717) is 29.4 Å². The van der Waals surface area contributed by atoms with Crippen molar-refractivity contribution in [1.82, 2.24) is 0 Å². The molecule has 0 aromatic heterocycles. The van der Waals surface area contributed by atoms with E-state index in [1.165, 1.54) is 4.90 Å². The normalized spacial score (nSPS) is 20.0. The number of Topliss-reactive ketones (excluding diaryl/α,β-unsaturated/α-hetero) is 1. The van der Waals surface area contributed by atoms with E-state index >= 15 is 0 Å². The lowest BCUT2D eigenvalue weighted by molar-refractivity contribution is -0.132. The summed E-state index contributed by atoms with van der Waals surface area (Å²) >= 11 is 0. The molecule has 6 rings (SSSR count). The summed E-state index contributed by atoms with van der Waals surface area (Å²) in [6, 6.07) is 17.3. The molecular formula is C28H23NO6. The van der Waals surface area contributed by atoms with E-state index in [1.54, 1.807) is 30.3 Å². The second-order valence-electron chi connectivity index (χ2n) is 8.90. The van der Waals surface area contributed by atoms with Crippen molar-refractivity contribution in [3.05, 3.63) is 88.5 Å². The van der Waals surface area contributed by atoms with Crippen LogP contribution in [0.2, 0.25) is 0 Å². The fraction of sp³-hybridized carbons (Fsp3) is 0.214. The Morgan fingerprint density at radius 3 is 2.63 bits per heavy atom. The zero-order valence-electron chi connectivity index (χ0n) is 19.1. The van der Waals surface area contributed by atoms with Gasteiger partial charge in [0.05, 0.1) is 18.2 Å². The fourth-order valence-corrected chi connectivity index (χ4v) is 4.95. The number of nitrogens with zero attached hydrogens (tertiary/aromatic N) is 1. The van der Waals surface area contributed by atoms with E-state index in [1.807, 2.05) is 37.3 Å². The van der Waals surface area contributed by atoms with Crippen LogP contribution in [0.5, 0.6) is 17.2 Å².